The highest BCUT2D eigenvalue weighted by molar-refractivity contribution is 8.01. The summed E-state index contributed by atoms with van der Waals surface area (Å²) in [5.74, 6) is -1.31. The number of amides is 2. The van der Waals surface area contributed by atoms with E-state index < -0.39 is 23.3 Å². The summed E-state index contributed by atoms with van der Waals surface area (Å²) in [6.45, 7) is 0. The van der Waals surface area contributed by atoms with Gasteiger partial charge in [0.2, 0.25) is 11.8 Å². The minimum absolute atomic E-state index is 0.134. The van der Waals surface area contributed by atoms with Crippen LogP contribution in [0.2, 0.25) is 5.02 Å². The second-order valence-corrected chi connectivity index (χ2v) is 7.25. The topological polar surface area (TPSA) is 67.4 Å². The van der Waals surface area contributed by atoms with E-state index in [-0.39, 0.29) is 18.0 Å². The van der Waals surface area contributed by atoms with Crippen LogP contribution in [0.5, 0.6) is 5.75 Å². The Hall–Kier alpha value is -2.39. The minimum atomic E-state index is -4.82. The number of benzene rings is 2. The van der Waals surface area contributed by atoms with Crippen molar-refractivity contribution in [1.29, 1.82) is 0 Å². The quantitative estimate of drug-likeness (QED) is 0.759. The average Bonchev–Trinajstić information content (AvgIpc) is 2.54. The first-order chi connectivity index (χ1) is 12.7. The zero-order chi connectivity index (χ0) is 19.6. The number of ether oxygens (including phenoxy) is 1. The molecule has 0 aliphatic carbocycles. The van der Waals surface area contributed by atoms with Crippen LogP contribution in [0, 0.1) is 0 Å². The van der Waals surface area contributed by atoms with Crippen LogP contribution in [-0.4, -0.2) is 23.4 Å². The molecule has 142 valence electrons. The number of thioether (sulfide) groups is 1. The van der Waals surface area contributed by atoms with Crippen LogP contribution >= 0.6 is 23.4 Å². The van der Waals surface area contributed by atoms with Crippen LogP contribution in [0.15, 0.2) is 47.4 Å². The van der Waals surface area contributed by atoms with Crippen molar-refractivity contribution in [2.24, 2.45) is 0 Å². The summed E-state index contributed by atoms with van der Waals surface area (Å²) in [6.07, 6.45) is -4.97. The Morgan fingerprint density at radius 3 is 2.78 bits per heavy atom. The van der Waals surface area contributed by atoms with E-state index in [9.17, 15) is 22.8 Å². The van der Waals surface area contributed by atoms with E-state index in [4.69, 9.17) is 11.6 Å². The van der Waals surface area contributed by atoms with Gasteiger partial charge in [0.05, 0.1) is 10.9 Å². The van der Waals surface area contributed by atoms with Crippen molar-refractivity contribution >= 4 is 46.6 Å². The first kappa shape index (κ1) is 19.4. The van der Waals surface area contributed by atoms with Crippen LogP contribution in [0.25, 0.3) is 0 Å². The monoisotopic (exact) mass is 416 g/mol. The molecule has 1 unspecified atom stereocenters. The Labute approximate surface area is 161 Å². The molecule has 2 amide bonds. The lowest BCUT2D eigenvalue weighted by molar-refractivity contribution is -0.274. The van der Waals surface area contributed by atoms with Gasteiger partial charge in [-0.15, -0.1) is 24.9 Å². The highest BCUT2D eigenvalue weighted by Gasteiger charge is 2.31. The van der Waals surface area contributed by atoms with E-state index >= 15 is 0 Å². The van der Waals surface area contributed by atoms with Gasteiger partial charge in [-0.2, -0.15) is 0 Å². The Kier molecular flexibility index (Phi) is 5.52. The van der Waals surface area contributed by atoms with E-state index in [1.54, 1.807) is 18.2 Å². The molecular weight excluding hydrogens is 405 g/mol. The largest absolute Gasteiger partial charge is 0.573 e. The molecule has 5 nitrogen and oxygen atoms in total. The van der Waals surface area contributed by atoms with Gasteiger partial charge in [-0.1, -0.05) is 17.7 Å². The fourth-order valence-corrected chi connectivity index (χ4v) is 3.67. The molecule has 0 saturated carbocycles. The number of nitrogens with one attached hydrogen (secondary N) is 2. The zero-order valence-corrected chi connectivity index (χ0v) is 15.0. The number of carbonyl (C=O) groups is 2. The van der Waals surface area contributed by atoms with E-state index in [0.717, 1.165) is 17.0 Å². The Balaban J connectivity index is 1.63. The summed E-state index contributed by atoms with van der Waals surface area (Å²) in [5.41, 5.74) is 0.710. The molecule has 0 aromatic heterocycles. The van der Waals surface area contributed by atoms with Crippen molar-refractivity contribution in [2.45, 2.75) is 22.9 Å². The first-order valence-corrected chi connectivity index (χ1v) is 8.88. The molecule has 10 heteroatoms. The third-order valence-corrected chi connectivity index (χ3v) is 4.99. The standard InChI is InChI=1S/C17H12ClF3N2O3S/c18-9-4-5-13-12(6-9)23-16(25)14(27-13)8-15(24)22-10-2-1-3-11(7-10)26-17(19,20)21/h1-7,14H,8H2,(H,22,24)(H,23,25). The van der Waals surface area contributed by atoms with Crippen molar-refractivity contribution < 1.29 is 27.5 Å². The van der Waals surface area contributed by atoms with Gasteiger partial charge in [-0.3, -0.25) is 9.59 Å². The van der Waals surface area contributed by atoms with Crippen LogP contribution in [0.4, 0.5) is 24.5 Å². The molecule has 0 radical (unpaired) electrons. The Morgan fingerprint density at radius 2 is 2.04 bits per heavy atom. The summed E-state index contributed by atoms with van der Waals surface area (Å²) in [5, 5.41) is 4.96. The molecule has 1 aliphatic heterocycles. The van der Waals surface area contributed by atoms with Gasteiger partial charge in [0.15, 0.2) is 0 Å². The number of halogens is 4. The molecule has 27 heavy (non-hydrogen) atoms. The number of anilines is 2. The maximum atomic E-state index is 12.3. The van der Waals surface area contributed by atoms with Crippen molar-refractivity contribution in [1.82, 2.24) is 0 Å². The van der Waals surface area contributed by atoms with Crippen molar-refractivity contribution in [3.05, 3.63) is 47.5 Å². The van der Waals surface area contributed by atoms with Gasteiger partial charge in [0.25, 0.3) is 0 Å². The van der Waals surface area contributed by atoms with Gasteiger partial charge < -0.3 is 15.4 Å². The van der Waals surface area contributed by atoms with Crippen molar-refractivity contribution in [3.8, 4) is 5.75 Å². The van der Waals surface area contributed by atoms with Crippen molar-refractivity contribution in [2.75, 3.05) is 10.6 Å². The number of hydrogen-bond donors (Lipinski definition) is 2. The summed E-state index contributed by atoms with van der Waals surface area (Å²) < 4.78 is 40.6. The SMILES string of the molecule is O=C(CC1Sc2ccc(Cl)cc2NC1=O)Nc1cccc(OC(F)(F)F)c1. The fraction of sp³-hybridized carbons (Fsp3) is 0.176. The lowest BCUT2D eigenvalue weighted by Gasteiger charge is -2.23. The van der Waals surface area contributed by atoms with Gasteiger partial charge in [0, 0.05) is 28.1 Å². The maximum absolute atomic E-state index is 12.3. The lowest BCUT2D eigenvalue weighted by atomic mass is 10.2. The molecule has 1 atom stereocenters. The van der Waals surface area contributed by atoms with E-state index in [0.29, 0.717) is 10.7 Å². The molecule has 2 aromatic rings. The normalized spacial score (nSPS) is 16.3. The predicted octanol–water partition coefficient (Wildman–Crippen LogP) is 4.68. The molecule has 0 saturated heterocycles. The zero-order valence-electron chi connectivity index (χ0n) is 13.5. The van der Waals surface area contributed by atoms with Crippen LogP contribution in [-0.2, 0) is 9.59 Å². The fourth-order valence-electron chi connectivity index (χ4n) is 2.41. The van der Waals surface area contributed by atoms with Crippen LogP contribution < -0.4 is 15.4 Å². The number of carbonyl (C=O) groups excluding carboxylic acids is 2. The second kappa shape index (κ2) is 7.69. The highest BCUT2D eigenvalue weighted by Crippen LogP contribution is 2.38. The maximum Gasteiger partial charge on any atom is 0.573 e. The number of rotatable bonds is 4. The Morgan fingerprint density at radius 1 is 1.26 bits per heavy atom. The molecule has 0 fully saturated rings. The lowest BCUT2D eigenvalue weighted by Crippen LogP contribution is -2.32. The molecule has 1 aliphatic rings. The van der Waals surface area contributed by atoms with Crippen molar-refractivity contribution in [3.63, 3.8) is 0 Å². The summed E-state index contributed by atoms with van der Waals surface area (Å²) in [6, 6.07) is 9.95. The molecule has 1 heterocycles. The summed E-state index contributed by atoms with van der Waals surface area (Å²) >= 11 is 7.10. The summed E-state index contributed by atoms with van der Waals surface area (Å²) in [7, 11) is 0. The van der Waals surface area contributed by atoms with Crippen LogP contribution in [0.1, 0.15) is 6.42 Å². The van der Waals surface area contributed by atoms with Gasteiger partial charge in [0.1, 0.15) is 5.75 Å². The van der Waals surface area contributed by atoms with Gasteiger partial charge in [-0.25, -0.2) is 0 Å². The number of fused-ring (bicyclic) bond motifs is 1. The smallest absolute Gasteiger partial charge is 0.406 e. The second-order valence-electron chi connectivity index (χ2n) is 5.56. The van der Waals surface area contributed by atoms with Gasteiger partial charge >= 0.3 is 6.36 Å². The van der Waals surface area contributed by atoms with E-state index in [1.165, 1.54) is 23.9 Å². The first-order valence-electron chi connectivity index (χ1n) is 7.62. The average molecular weight is 417 g/mol. The molecule has 3 rings (SSSR count). The van der Waals surface area contributed by atoms with Crippen LogP contribution in [0.3, 0.4) is 0 Å². The third-order valence-electron chi connectivity index (χ3n) is 3.48. The predicted molar refractivity (Wildman–Crippen MR) is 96.1 cm³/mol. The number of hydrogen-bond acceptors (Lipinski definition) is 4. The van der Waals surface area contributed by atoms with E-state index in [2.05, 4.69) is 15.4 Å². The Bertz CT molecular complexity index is 892. The molecule has 2 aromatic carbocycles. The molecule has 0 bridgehead atoms. The molecule has 2 N–H and O–H groups in total. The minimum Gasteiger partial charge on any atom is -0.406 e. The molecular formula is C17H12ClF3N2O3S. The van der Waals surface area contributed by atoms with Gasteiger partial charge in [-0.05, 0) is 30.3 Å². The summed E-state index contributed by atoms with van der Waals surface area (Å²) in [4.78, 5) is 25.1. The highest BCUT2D eigenvalue weighted by atomic mass is 35.5. The van der Waals surface area contributed by atoms with E-state index in [1.807, 2.05) is 0 Å². The molecule has 0 spiro atoms. The third kappa shape index (κ3) is 5.30. The number of alkyl halides is 3.